The van der Waals surface area contributed by atoms with Crippen LogP contribution in [-0.2, 0) is 0 Å². The van der Waals surface area contributed by atoms with E-state index in [0.29, 0.717) is 11.8 Å². The average Bonchev–Trinajstić information content (AvgIpc) is 3.10. The van der Waals surface area contributed by atoms with Gasteiger partial charge in [0.2, 0.25) is 0 Å². The van der Waals surface area contributed by atoms with Gasteiger partial charge in [0.25, 0.3) is 0 Å². The summed E-state index contributed by atoms with van der Waals surface area (Å²) in [7, 11) is 4.25. The van der Waals surface area contributed by atoms with Crippen LogP contribution in [0.1, 0.15) is 84.1 Å². The molecule has 0 radical (unpaired) electrons. The highest BCUT2D eigenvalue weighted by Gasteiger charge is 2.64. The molecule has 0 heterocycles. The molecule has 5 rings (SSSR count). The smallest absolute Gasteiger partial charge is 0.0361 e. The average molecular weight is 464 g/mol. The Kier molecular flexibility index (Phi) is 5.84. The Morgan fingerprint density at radius 2 is 1.71 bits per heavy atom. The van der Waals surface area contributed by atoms with Crippen molar-refractivity contribution in [1.29, 1.82) is 0 Å². The Balaban J connectivity index is 1.70. The molecule has 5 unspecified atom stereocenters. The van der Waals surface area contributed by atoms with E-state index in [2.05, 4.69) is 100 Å². The Labute approximate surface area is 213 Å². The van der Waals surface area contributed by atoms with Crippen molar-refractivity contribution < 1.29 is 0 Å². The van der Waals surface area contributed by atoms with Crippen molar-refractivity contribution in [3.8, 4) is 23.7 Å². The summed E-state index contributed by atoms with van der Waals surface area (Å²) in [6.45, 7) is 13.8. The topological polar surface area (TPSA) is 3.24 Å². The summed E-state index contributed by atoms with van der Waals surface area (Å²) in [6, 6.07) is 9.41. The zero-order valence-electron chi connectivity index (χ0n) is 22.6. The van der Waals surface area contributed by atoms with Gasteiger partial charge < -0.3 is 4.90 Å². The molecule has 4 aliphatic carbocycles. The number of allylic oxidation sites excluding steroid dienone is 5. The van der Waals surface area contributed by atoms with Crippen LogP contribution in [0.15, 0.2) is 59.2 Å². The number of hydrogen-bond donors (Lipinski definition) is 0. The van der Waals surface area contributed by atoms with Crippen LogP contribution in [0.4, 0.5) is 5.69 Å². The number of nitrogens with zero attached hydrogens (tertiary/aromatic N) is 1. The molecular weight excluding hydrogens is 422 g/mol. The van der Waals surface area contributed by atoms with Crippen LogP contribution in [0.3, 0.4) is 0 Å². The maximum Gasteiger partial charge on any atom is 0.0361 e. The first kappa shape index (κ1) is 24.1. The van der Waals surface area contributed by atoms with Crippen molar-refractivity contribution in [3.05, 3.63) is 64.8 Å². The van der Waals surface area contributed by atoms with Gasteiger partial charge in [-0.05, 0) is 116 Å². The zero-order valence-corrected chi connectivity index (χ0v) is 22.6. The van der Waals surface area contributed by atoms with Gasteiger partial charge in [0, 0.05) is 31.1 Å². The quantitative estimate of drug-likeness (QED) is 0.401. The number of anilines is 1. The van der Waals surface area contributed by atoms with Crippen LogP contribution in [0.2, 0.25) is 0 Å². The molecule has 0 amide bonds. The molecule has 0 spiro atoms. The van der Waals surface area contributed by atoms with E-state index in [1.807, 2.05) is 6.92 Å². The molecule has 1 nitrogen and oxygen atoms in total. The van der Waals surface area contributed by atoms with Gasteiger partial charge in [0.15, 0.2) is 0 Å². The second-order valence-corrected chi connectivity index (χ2v) is 12.3. The summed E-state index contributed by atoms with van der Waals surface area (Å²) in [5.41, 5.74) is 9.44. The summed E-state index contributed by atoms with van der Waals surface area (Å²) in [5.74, 6) is 14.1. The van der Waals surface area contributed by atoms with E-state index >= 15 is 0 Å². The molecule has 0 aliphatic heterocycles. The van der Waals surface area contributed by atoms with Gasteiger partial charge in [0.05, 0.1) is 0 Å². The molecule has 1 heteroatoms. The van der Waals surface area contributed by atoms with Crippen LogP contribution in [0.25, 0.3) is 0 Å². The minimum absolute atomic E-state index is 0.000479. The van der Waals surface area contributed by atoms with Gasteiger partial charge in [-0.1, -0.05) is 61.6 Å². The Morgan fingerprint density at radius 1 is 0.971 bits per heavy atom. The number of benzene rings is 1. The maximum absolute atomic E-state index is 4.32. The van der Waals surface area contributed by atoms with Crippen molar-refractivity contribution in [3.63, 3.8) is 0 Å². The molecule has 2 fully saturated rings. The first-order valence-corrected chi connectivity index (χ1v) is 13.5. The third kappa shape index (κ3) is 3.62. The Hall–Kier alpha value is -2.64. The molecule has 182 valence electrons. The predicted molar refractivity (Wildman–Crippen MR) is 149 cm³/mol. The van der Waals surface area contributed by atoms with Crippen molar-refractivity contribution >= 4 is 5.69 Å². The number of rotatable bonds is 2. The fourth-order valence-electron chi connectivity index (χ4n) is 8.29. The standard InChI is InChI=1S/C34H41N/c1-8-9-10-19-32(3)20-18-30-33(4)21-17-26-22-24(2)11-16-28(26)31(33)29(23-34(30,32)5)25-12-14-27(15-13-25)35(6)7/h12-15,22,29-30H,2,11,16-18,20-21,23H2,1,3-7H3. The lowest BCUT2D eigenvalue weighted by molar-refractivity contribution is -0.00653. The predicted octanol–water partition coefficient (Wildman–Crippen LogP) is 8.06. The van der Waals surface area contributed by atoms with Crippen LogP contribution < -0.4 is 4.90 Å². The van der Waals surface area contributed by atoms with E-state index in [0.717, 1.165) is 12.8 Å². The van der Waals surface area contributed by atoms with E-state index in [1.165, 1.54) is 48.9 Å². The van der Waals surface area contributed by atoms with Crippen molar-refractivity contribution in [2.45, 2.75) is 78.6 Å². The van der Waals surface area contributed by atoms with Gasteiger partial charge >= 0.3 is 0 Å². The molecular formula is C34H41N. The summed E-state index contributed by atoms with van der Waals surface area (Å²) in [6.07, 6.45) is 10.7. The Morgan fingerprint density at radius 3 is 2.40 bits per heavy atom. The van der Waals surface area contributed by atoms with Gasteiger partial charge in [-0.2, -0.15) is 0 Å². The fraction of sp³-hybridized carbons (Fsp3) is 0.529. The summed E-state index contributed by atoms with van der Waals surface area (Å²) >= 11 is 0. The molecule has 4 aliphatic rings. The van der Waals surface area contributed by atoms with Crippen molar-refractivity contribution in [2.24, 2.45) is 22.2 Å². The highest BCUT2D eigenvalue weighted by Crippen LogP contribution is 2.73. The highest BCUT2D eigenvalue weighted by atomic mass is 15.1. The Bertz CT molecular complexity index is 1230. The van der Waals surface area contributed by atoms with Crippen molar-refractivity contribution in [1.82, 2.24) is 0 Å². The normalized spacial score (nSPS) is 35.5. The third-order valence-electron chi connectivity index (χ3n) is 10.4. The number of fused-ring (bicyclic) bond motifs is 4. The number of hydrogen-bond acceptors (Lipinski definition) is 1. The lowest BCUT2D eigenvalue weighted by Gasteiger charge is -2.59. The molecule has 0 saturated heterocycles. The molecule has 5 atom stereocenters. The lowest BCUT2D eigenvalue weighted by atomic mass is 9.44. The minimum Gasteiger partial charge on any atom is -0.378 e. The second kappa shape index (κ2) is 8.49. The van der Waals surface area contributed by atoms with Gasteiger partial charge in [0.1, 0.15) is 0 Å². The highest BCUT2D eigenvalue weighted by molar-refractivity contribution is 5.55. The lowest BCUT2D eigenvalue weighted by Crippen LogP contribution is -2.51. The van der Waals surface area contributed by atoms with Gasteiger partial charge in [-0.25, -0.2) is 0 Å². The van der Waals surface area contributed by atoms with Gasteiger partial charge in [-0.3, -0.25) is 0 Å². The largest absolute Gasteiger partial charge is 0.378 e. The van der Waals surface area contributed by atoms with Crippen LogP contribution in [0.5, 0.6) is 0 Å². The van der Waals surface area contributed by atoms with E-state index in [4.69, 9.17) is 0 Å². The van der Waals surface area contributed by atoms with Gasteiger partial charge in [-0.15, -0.1) is 0 Å². The fourth-order valence-corrected chi connectivity index (χ4v) is 8.29. The molecule has 35 heavy (non-hydrogen) atoms. The molecule has 1 aromatic rings. The summed E-state index contributed by atoms with van der Waals surface area (Å²) < 4.78 is 0. The zero-order chi connectivity index (χ0) is 25.0. The first-order chi connectivity index (χ1) is 16.6. The molecule has 0 bridgehead atoms. The maximum atomic E-state index is 4.32. The minimum atomic E-state index is -0.000479. The van der Waals surface area contributed by atoms with Crippen LogP contribution >= 0.6 is 0 Å². The van der Waals surface area contributed by atoms with E-state index in [1.54, 1.807) is 16.7 Å². The molecule has 0 aromatic heterocycles. The second-order valence-electron chi connectivity index (χ2n) is 12.3. The molecule has 0 N–H and O–H groups in total. The summed E-state index contributed by atoms with van der Waals surface area (Å²) in [4.78, 5) is 2.20. The van der Waals surface area contributed by atoms with E-state index < -0.39 is 0 Å². The summed E-state index contributed by atoms with van der Waals surface area (Å²) in [5, 5.41) is 0. The monoisotopic (exact) mass is 463 g/mol. The third-order valence-corrected chi connectivity index (χ3v) is 10.4. The molecule has 2 saturated carbocycles. The SMILES string of the molecule is C=C1C=C2CCC3(C)C(=C2CC1)C(c1ccc(N(C)C)cc1)CC1(C)C3CCC1(C)C#CC#CC. The van der Waals surface area contributed by atoms with Crippen LogP contribution in [-0.4, -0.2) is 14.1 Å². The van der Waals surface area contributed by atoms with E-state index in [-0.39, 0.29) is 16.2 Å². The van der Waals surface area contributed by atoms with E-state index in [9.17, 15) is 0 Å². The molecule has 1 aromatic carbocycles. The van der Waals surface area contributed by atoms with Crippen molar-refractivity contribution in [2.75, 3.05) is 19.0 Å². The first-order valence-electron chi connectivity index (χ1n) is 13.5. The van der Waals surface area contributed by atoms with Crippen LogP contribution in [0, 0.1) is 45.8 Å².